The van der Waals surface area contributed by atoms with Crippen molar-refractivity contribution in [2.24, 2.45) is 21.5 Å². The minimum atomic E-state index is -3.65. The van der Waals surface area contributed by atoms with Crippen LogP contribution in [-0.2, 0) is 10.0 Å². The molecule has 2 aliphatic rings. The lowest BCUT2D eigenvalue weighted by Gasteiger charge is -2.46. The van der Waals surface area contributed by atoms with Crippen molar-refractivity contribution in [2.45, 2.75) is 42.7 Å². The first kappa shape index (κ1) is 16.7. The van der Waals surface area contributed by atoms with E-state index < -0.39 is 15.7 Å². The molecule has 1 aliphatic carbocycles. The number of guanidine groups is 2. The van der Waals surface area contributed by atoms with Crippen LogP contribution in [0.3, 0.4) is 0 Å². The Balaban J connectivity index is 2.19. The molecular formula is C15H22N6O2S. The first-order chi connectivity index (χ1) is 11.4. The van der Waals surface area contributed by atoms with Crippen molar-refractivity contribution in [2.75, 3.05) is 11.9 Å². The lowest BCUT2D eigenvalue weighted by atomic mass is 9.87. The number of hydrogen-bond acceptors (Lipinski definition) is 7. The molecule has 0 atom stereocenters. The lowest BCUT2D eigenvalue weighted by Crippen LogP contribution is -2.58. The van der Waals surface area contributed by atoms with Gasteiger partial charge < -0.3 is 11.5 Å². The number of nitrogens with two attached hydrogens (primary N) is 2. The summed E-state index contributed by atoms with van der Waals surface area (Å²) in [5.74, 6) is 0.308. The summed E-state index contributed by atoms with van der Waals surface area (Å²) in [5, 5.41) is 0. The van der Waals surface area contributed by atoms with Gasteiger partial charge in [0.2, 0.25) is 21.9 Å². The maximum atomic E-state index is 12.4. The topological polar surface area (TPSA) is 126 Å². The molecule has 0 amide bonds. The summed E-state index contributed by atoms with van der Waals surface area (Å²) in [6.45, 7) is 0. The smallest absolute Gasteiger partial charge is 0.242 e. The highest BCUT2D eigenvalue weighted by Gasteiger charge is 2.44. The molecule has 9 heteroatoms. The van der Waals surface area contributed by atoms with E-state index in [1.165, 1.54) is 7.05 Å². The third-order valence-electron chi connectivity index (χ3n) is 4.52. The molecule has 1 aliphatic heterocycles. The summed E-state index contributed by atoms with van der Waals surface area (Å²) in [6.07, 6.45) is 4.55. The first-order valence-electron chi connectivity index (χ1n) is 7.92. The van der Waals surface area contributed by atoms with Crippen molar-refractivity contribution in [3.05, 3.63) is 24.3 Å². The third kappa shape index (κ3) is 2.73. The van der Waals surface area contributed by atoms with Crippen LogP contribution in [0, 0.1) is 0 Å². The third-order valence-corrected chi connectivity index (χ3v) is 5.98. The SMILES string of the molecule is CNS(=O)(=O)c1ccccc1N1C(N)=NC(N)=NC12CCCCC2. The summed E-state index contributed by atoms with van der Waals surface area (Å²) in [6, 6.07) is 6.72. The summed E-state index contributed by atoms with van der Waals surface area (Å²) in [7, 11) is -2.27. The highest BCUT2D eigenvalue weighted by molar-refractivity contribution is 7.89. The number of rotatable bonds is 3. The van der Waals surface area contributed by atoms with E-state index >= 15 is 0 Å². The van der Waals surface area contributed by atoms with Gasteiger partial charge in [-0.15, -0.1) is 0 Å². The van der Waals surface area contributed by atoms with Crippen LogP contribution in [0.2, 0.25) is 0 Å². The number of anilines is 1. The predicted octanol–water partition coefficient (Wildman–Crippen LogP) is 0.705. The van der Waals surface area contributed by atoms with E-state index in [4.69, 9.17) is 11.5 Å². The molecule has 1 heterocycles. The van der Waals surface area contributed by atoms with E-state index in [1.807, 2.05) is 0 Å². The molecule has 3 rings (SSSR count). The summed E-state index contributed by atoms with van der Waals surface area (Å²) < 4.78 is 27.2. The van der Waals surface area contributed by atoms with Gasteiger partial charge in [-0.05, 0) is 44.9 Å². The monoisotopic (exact) mass is 350 g/mol. The van der Waals surface area contributed by atoms with E-state index in [-0.39, 0.29) is 16.8 Å². The molecule has 0 bridgehead atoms. The van der Waals surface area contributed by atoms with Gasteiger partial charge in [0.15, 0.2) is 0 Å². The van der Waals surface area contributed by atoms with Crippen LogP contribution in [0.15, 0.2) is 39.1 Å². The molecule has 1 saturated carbocycles. The Morgan fingerprint density at radius 1 is 1.17 bits per heavy atom. The summed E-state index contributed by atoms with van der Waals surface area (Å²) in [4.78, 5) is 10.5. The molecule has 0 aromatic heterocycles. The van der Waals surface area contributed by atoms with E-state index in [1.54, 1.807) is 29.2 Å². The van der Waals surface area contributed by atoms with Crippen molar-refractivity contribution < 1.29 is 8.42 Å². The minimum Gasteiger partial charge on any atom is -0.369 e. The van der Waals surface area contributed by atoms with Crippen molar-refractivity contribution in [1.29, 1.82) is 0 Å². The van der Waals surface area contributed by atoms with Gasteiger partial charge in [0.25, 0.3) is 0 Å². The first-order valence-corrected chi connectivity index (χ1v) is 9.40. The quantitative estimate of drug-likeness (QED) is 0.740. The fourth-order valence-corrected chi connectivity index (χ4v) is 4.36. The molecule has 0 unspecified atom stereocenters. The molecule has 8 nitrogen and oxygen atoms in total. The summed E-state index contributed by atoms with van der Waals surface area (Å²) >= 11 is 0. The Bertz CT molecular complexity index is 796. The average molecular weight is 350 g/mol. The Morgan fingerprint density at radius 2 is 1.83 bits per heavy atom. The van der Waals surface area contributed by atoms with Gasteiger partial charge in [0.1, 0.15) is 10.6 Å². The standard InChI is InChI=1S/C15H22N6O2S/c1-18-24(22,23)12-8-4-3-7-11(12)21-14(17)19-13(16)20-15(21)9-5-2-6-10-15/h3-4,7-8,18H,2,5-6,9-10H2,1H3,(H4,16,17,19,20). The van der Waals surface area contributed by atoms with Crippen LogP contribution in [0.4, 0.5) is 5.69 Å². The van der Waals surface area contributed by atoms with Crippen molar-refractivity contribution >= 4 is 27.6 Å². The average Bonchev–Trinajstić information content (AvgIpc) is 2.55. The molecule has 130 valence electrons. The molecule has 0 radical (unpaired) electrons. The number of aliphatic imine (C=N–C) groups is 2. The Hall–Kier alpha value is -2.13. The van der Waals surface area contributed by atoms with Crippen LogP contribution in [0.25, 0.3) is 0 Å². The molecular weight excluding hydrogens is 328 g/mol. The number of nitrogens with zero attached hydrogens (tertiary/aromatic N) is 3. The van der Waals surface area contributed by atoms with E-state index in [0.29, 0.717) is 5.69 Å². The lowest BCUT2D eigenvalue weighted by molar-refractivity contribution is 0.305. The van der Waals surface area contributed by atoms with Gasteiger partial charge >= 0.3 is 0 Å². The zero-order chi connectivity index (χ0) is 17.4. The fourth-order valence-electron chi connectivity index (χ4n) is 3.45. The normalized spacial score (nSPS) is 20.6. The second-order valence-electron chi connectivity index (χ2n) is 5.99. The van der Waals surface area contributed by atoms with Crippen molar-refractivity contribution in [1.82, 2.24) is 4.72 Å². The van der Waals surface area contributed by atoms with Crippen LogP contribution in [0.5, 0.6) is 0 Å². The van der Waals surface area contributed by atoms with Crippen molar-refractivity contribution in [3.8, 4) is 0 Å². The van der Waals surface area contributed by atoms with Gasteiger partial charge in [-0.3, -0.25) is 4.90 Å². The Kier molecular flexibility index (Phi) is 4.22. The molecule has 1 aromatic carbocycles. The molecule has 5 N–H and O–H groups in total. The highest BCUT2D eigenvalue weighted by atomic mass is 32.2. The van der Waals surface area contributed by atoms with Gasteiger partial charge in [-0.2, -0.15) is 4.99 Å². The van der Waals surface area contributed by atoms with Crippen LogP contribution in [0.1, 0.15) is 32.1 Å². The van der Waals surface area contributed by atoms with Crippen LogP contribution < -0.4 is 21.1 Å². The maximum Gasteiger partial charge on any atom is 0.242 e. The van der Waals surface area contributed by atoms with Crippen LogP contribution in [-0.4, -0.2) is 33.0 Å². The van der Waals surface area contributed by atoms with Gasteiger partial charge in [-0.25, -0.2) is 18.1 Å². The number of sulfonamides is 1. The van der Waals surface area contributed by atoms with E-state index in [9.17, 15) is 8.42 Å². The molecule has 24 heavy (non-hydrogen) atoms. The number of para-hydroxylation sites is 1. The van der Waals surface area contributed by atoms with E-state index in [0.717, 1.165) is 32.1 Å². The second kappa shape index (κ2) is 6.06. The number of benzene rings is 1. The Labute approximate surface area is 141 Å². The molecule has 1 aromatic rings. The van der Waals surface area contributed by atoms with Crippen LogP contribution >= 0.6 is 0 Å². The molecule has 1 fully saturated rings. The van der Waals surface area contributed by atoms with Gasteiger partial charge in [-0.1, -0.05) is 18.6 Å². The van der Waals surface area contributed by atoms with Crippen molar-refractivity contribution in [3.63, 3.8) is 0 Å². The van der Waals surface area contributed by atoms with E-state index in [2.05, 4.69) is 14.7 Å². The fraction of sp³-hybridized carbons (Fsp3) is 0.467. The van der Waals surface area contributed by atoms with Gasteiger partial charge in [0.05, 0.1) is 5.69 Å². The maximum absolute atomic E-state index is 12.4. The van der Waals surface area contributed by atoms with Gasteiger partial charge in [0, 0.05) is 0 Å². The Morgan fingerprint density at radius 3 is 2.50 bits per heavy atom. The zero-order valence-electron chi connectivity index (χ0n) is 13.6. The number of nitrogens with one attached hydrogen (secondary N) is 1. The predicted molar refractivity (Wildman–Crippen MR) is 94.2 cm³/mol. The highest BCUT2D eigenvalue weighted by Crippen LogP contribution is 2.41. The zero-order valence-corrected chi connectivity index (χ0v) is 14.4. The minimum absolute atomic E-state index is 0.139. The molecule has 1 spiro atoms. The molecule has 0 saturated heterocycles. The summed E-state index contributed by atoms with van der Waals surface area (Å²) in [5.41, 5.74) is 11.8. The second-order valence-corrected chi connectivity index (χ2v) is 7.85. The largest absolute Gasteiger partial charge is 0.369 e. The number of hydrogen-bond donors (Lipinski definition) is 3.